The van der Waals surface area contributed by atoms with E-state index in [2.05, 4.69) is 58.7 Å². The minimum absolute atomic E-state index is 0.00798. The van der Waals surface area contributed by atoms with Crippen molar-refractivity contribution in [3.63, 3.8) is 0 Å². The van der Waals surface area contributed by atoms with Crippen LogP contribution in [0.2, 0.25) is 5.02 Å². The molecule has 1 amide bonds. The minimum Gasteiger partial charge on any atom is -0.475 e. The van der Waals surface area contributed by atoms with Crippen LogP contribution in [0.15, 0.2) is 61.3 Å². The fourth-order valence-electron chi connectivity index (χ4n) is 5.27. The van der Waals surface area contributed by atoms with Gasteiger partial charge in [0.25, 0.3) is 0 Å². The molecule has 5 N–H and O–H groups in total. The number of aliphatic carboxylic acids is 3. The Labute approximate surface area is 343 Å². The first-order valence-corrected chi connectivity index (χ1v) is 17.5. The summed E-state index contributed by atoms with van der Waals surface area (Å²) in [5.74, 6) is -6.42. The number of benzene rings is 1. The number of carbonyl (C=O) groups excluding carboxylic acids is 1. The Morgan fingerprint density at radius 3 is 1.89 bits per heavy atom. The summed E-state index contributed by atoms with van der Waals surface area (Å²) in [7, 11) is 1.90. The standard InChI is InChI=1S/C29H30ClN9O.3C2HF3O2/c1-38(27(40)20-7-11-39(12-8-20)29-32-9-2-10-33-29)18-22-5-6-23-14-21(22)4-3-19-13-24(16-31-15-19)36-28-34-17-25(30)26(35-23)37-28;3*3-2(4,5)1(6)7/h2,5-6,9-10,13-17,20H,3-4,7-8,11-12,18H2,1H3,(H2,34,35,36,37);3*(H,6,7). The average molecular weight is 898 g/mol. The predicted molar refractivity (Wildman–Crippen MR) is 196 cm³/mol. The highest BCUT2D eigenvalue weighted by Crippen LogP contribution is 2.29. The summed E-state index contributed by atoms with van der Waals surface area (Å²) in [4.78, 5) is 66.1. The van der Waals surface area contributed by atoms with E-state index in [1.807, 2.05) is 30.3 Å². The van der Waals surface area contributed by atoms with Crippen LogP contribution in [-0.2, 0) is 38.6 Å². The lowest BCUT2D eigenvalue weighted by Crippen LogP contribution is -2.41. The van der Waals surface area contributed by atoms with E-state index in [0.29, 0.717) is 23.3 Å². The third-order valence-corrected chi connectivity index (χ3v) is 8.41. The number of fused-ring (bicyclic) bond motifs is 6. The summed E-state index contributed by atoms with van der Waals surface area (Å²) in [6, 6.07) is 10.1. The molecule has 0 radical (unpaired) electrons. The van der Waals surface area contributed by atoms with Gasteiger partial charge in [0, 0.05) is 56.9 Å². The van der Waals surface area contributed by atoms with Crippen molar-refractivity contribution in [1.29, 1.82) is 0 Å². The van der Waals surface area contributed by atoms with E-state index < -0.39 is 36.4 Å². The van der Waals surface area contributed by atoms with Crippen molar-refractivity contribution in [2.75, 3.05) is 35.7 Å². The van der Waals surface area contributed by atoms with E-state index in [0.717, 1.165) is 72.8 Å². The van der Waals surface area contributed by atoms with Crippen molar-refractivity contribution in [1.82, 2.24) is 29.8 Å². The maximum Gasteiger partial charge on any atom is 0.490 e. The molecular weight excluding hydrogens is 865 g/mol. The Morgan fingerprint density at radius 2 is 1.34 bits per heavy atom. The van der Waals surface area contributed by atoms with Gasteiger partial charge in [-0.25, -0.2) is 29.3 Å². The Bertz CT molecular complexity index is 2080. The number of aryl methyl sites for hydroxylation is 2. The summed E-state index contributed by atoms with van der Waals surface area (Å²) in [5.41, 5.74) is 5.05. The van der Waals surface area contributed by atoms with Crippen LogP contribution in [-0.4, -0.2) is 108 Å². The highest BCUT2D eigenvalue weighted by molar-refractivity contribution is 6.32. The summed E-state index contributed by atoms with van der Waals surface area (Å²) in [6.45, 7) is 2.08. The van der Waals surface area contributed by atoms with Gasteiger partial charge in [-0.2, -0.15) is 44.5 Å². The lowest BCUT2D eigenvalue weighted by molar-refractivity contribution is -0.193. The second-order valence-electron chi connectivity index (χ2n) is 12.6. The normalized spacial score (nSPS) is 13.8. The number of piperidine rings is 1. The third-order valence-electron chi connectivity index (χ3n) is 8.14. The highest BCUT2D eigenvalue weighted by atomic mass is 35.5. The number of carbonyl (C=O) groups is 4. The SMILES string of the molecule is CN(Cc1ccc2cc1CCc1cncc(c1)Nc1ncc(Cl)c(n1)N2)C(=O)C1CCN(c2ncccn2)CC1.O=C(O)C(F)(F)F.O=C(O)C(F)(F)F.O=C(O)C(F)(F)F. The molecule has 16 nitrogen and oxygen atoms in total. The smallest absolute Gasteiger partial charge is 0.475 e. The van der Waals surface area contributed by atoms with Gasteiger partial charge in [-0.15, -0.1) is 0 Å². The van der Waals surface area contributed by atoms with E-state index in [9.17, 15) is 44.3 Å². The monoisotopic (exact) mass is 897 g/mol. The first-order valence-electron chi connectivity index (χ1n) is 17.1. The number of carboxylic acids is 3. The molecule has 1 fully saturated rings. The number of hydrogen-bond acceptors (Lipinski definition) is 12. The topological polar surface area (TPSA) is 224 Å². The average Bonchev–Trinajstić information content (AvgIpc) is 3.19. The van der Waals surface area contributed by atoms with Crippen LogP contribution in [0.3, 0.4) is 0 Å². The lowest BCUT2D eigenvalue weighted by atomic mass is 9.94. The molecule has 6 rings (SSSR count). The number of nitrogens with zero attached hydrogens (tertiary/aromatic N) is 7. The number of halogens is 10. The van der Waals surface area contributed by atoms with Crippen LogP contribution in [0.1, 0.15) is 29.5 Å². The summed E-state index contributed by atoms with van der Waals surface area (Å²) in [5, 5.41) is 28.3. The fraction of sp³-hybridized carbons (Fsp3) is 0.343. The molecule has 0 saturated carbocycles. The van der Waals surface area contributed by atoms with E-state index in [-0.39, 0.29) is 11.8 Å². The maximum atomic E-state index is 13.4. The van der Waals surface area contributed by atoms with Gasteiger partial charge in [-0.1, -0.05) is 17.7 Å². The van der Waals surface area contributed by atoms with Gasteiger partial charge >= 0.3 is 36.4 Å². The number of rotatable bonds is 4. The lowest BCUT2D eigenvalue weighted by Gasteiger charge is -2.33. The number of carboxylic acid groups (broad SMARTS) is 3. The van der Waals surface area contributed by atoms with Gasteiger partial charge in [0.15, 0.2) is 5.82 Å². The van der Waals surface area contributed by atoms with Gasteiger partial charge in [-0.3, -0.25) is 9.78 Å². The molecule has 61 heavy (non-hydrogen) atoms. The van der Waals surface area contributed by atoms with E-state index in [1.54, 1.807) is 24.8 Å². The largest absolute Gasteiger partial charge is 0.490 e. The van der Waals surface area contributed by atoms with Crippen LogP contribution < -0.4 is 15.5 Å². The van der Waals surface area contributed by atoms with Crippen LogP contribution in [0.25, 0.3) is 0 Å². The van der Waals surface area contributed by atoms with E-state index in [4.69, 9.17) is 41.3 Å². The van der Waals surface area contributed by atoms with Gasteiger partial charge in [0.05, 0.1) is 18.1 Å². The van der Waals surface area contributed by atoms with E-state index >= 15 is 0 Å². The Balaban J connectivity index is 0.000000390. The van der Waals surface area contributed by atoms with Crippen molar-refractivity contribution in [3.8, 4) is 0 Å². The number of pyridine rings is 1. The van der Waals surface area contributed by atoms with Crippen molar-refractivity contribution < 1.29 is 74.0 Å². The molecule has 0 unspecified atom stereocenters. The van der Waals surface area contributed by atoms with Crippen LogP contribution >= 0.6 is 11.6 Å². The first-order chi connectivity index (χ1) is 28.3. The molecule has 5 heterocycles. The molecule has 26 heteroatoms. The second kappa shape index (κ2) is 21.1. The molecule has 0 spiro atoms. The minimum atomic E-state index is -5.08. The van der Waals surface area contributed by atoms with Crippen LogP contribution in [0, 0.1) is 5.92 Å². The number of nitrogens with one attached hydrogen (secondary N) is 2. The molecule has 330 valence electrons. The molecule has 2 aliphatic heterocycles. The molecule has 3 aromatic heterocycles. The maximum absolute atomic E-state index is 13.4. The van der Waals surface area contributed by atoms with Crippen molar-refractivity contribution in [2.45, 2.75) is 50.8 Å². The van der Waals surface area contributed by atoms with Gasteiger partial charge in [-0.05, 0) is 66.6 Å². The molecular formula is C35H33ClF9N9O7. The molecule has 6 bridgehead atoms. The zero-order valence-corrected chi connectivity index (χ0v) is 31.9. The van der Waals surface area contributed by atoms with E-state index in [1.165, 1.54) is 0 Å². The molecule has 2 aliphatic rings. The highest BCUT2D eigenvalue weighted by Gasteiger charge is 2.39. The summed E-state index contributed by atoms with van der Waals surface area (Å²) in [6.07, 6.45) is -3.37. The zero-order chi connectivity index (χ0) is 45.7. The quantitative estimate of drug-likeness (QED) is 0.135. The Morgan fingerprint density at radius 1 is 0.787 bits per heavy atom. The Hall–Kier alpha value is -6.53. The Kier molecular flexibility index (Phi) is 16.9. The van der Waals surface area contributed by atoms with Crippen molar-refractivity contribution in [3.05, 3.63) is 83.0 Å². The zero-order valence-electron chi connectivity index (χ0n) is 31.2. The molecule has 1 saturated heterocycles. The van der Waals surface area contributed by atoms with Crippen LogP contribution in [0.4, 0.5) is 68.6 Å². The number of hydrogen-bond donors (Lipinski definition) is 5. The van der Waals surface area contributed by atoms with Gasteiger partial charge in [0.1, 0.15) is 5.02 Å². The molecule has 0 aliphatic carbocycles. The van der Waals surface area contributed by atoms with Crippen molar-refractivity contribution >= 4 is 64.5 Å². The second-order valence-corrected chi connectivity index (χ2v) is 13.0. The first kappa shape index (κ1) is 48.8. The number of amides is 1. The van der Waals surface area contributed by atoms with Gasteiger partial charge < -0.3 is 35.8 Å². The fourth-order valence-corrected chi connectivity index (χ4v) is 5.41. The van der Waals surface area contributed by atoms with Gasteiger partial charge in [0.2, 0.25) is 17.8 Å². The predicted octanol–water partition coefficient (Wildman–Crippen LogP) is 6.68. The van der Waals surface area contributed by atoms with Crippen LogP contribution in [0.5, 0.6) is 0 Å². The third kappa shape index (κ3) is 15.9. The number of alkyl halides is 9. The summed E-state index contributed by atoms with van der Waals surface area (Å²) < 4.78 is 95.2. The number of anilines is 5. The van der Waals surface area contributed by atoms with Crippen molar-refractivity contribution in [2.24, 2.45) is 5.92 Å². The molecule has 1 aromatic carbocycles. The molecule has 0 atom stereocenters. The number of aromatic nitrogens is 5. The molecule has 4 aromatic rings. The summed E-state index contributed by atoms with van der Waals surface area (Å²) >= 11 is 6.40.